The molecule has 5 rings (SSSR count). The molecule has 8 nitrogen and oxygen atoms in total. The number of morpholine rings is 1. The van der Waals surface area contributed by atoms with Gasteiger partial charge in [0, 0.05) is 37.6 Å². The summed E-state index contributed by atoms with van der Waals surface area (Å²) in [5.74, 6) is 0.759. The zero-order chi connectivity index (χ0) is 18.9. The van der Waals surface area contributed by atoms with Gasteiger partial charge in [0.2, 0.25) is 0 Å². The molecule has 0 radical (unpaired) electrons. The molecule has 9 heteroatoms. The average Bonchev–Trinajstić information content (AvgIpc) is 3.43. The van der Waals surface area contributed by atoms with Gasteiger partial charge in [-0.05, 0) is 23.9 Å². The highest BCUT2D eigenvalue weighted by atomic mass is 32.1. The maximum atomic E-state index is 5.43. The molecule has 0 amide bonds. The summed E-state index contributed by atoms with van der Waals surface area (Å²) in [6, 6.07) is 2.20. The number of ether oxygens (including phenoxy) is 1. The number of nitrogens with zero attached hydrogens (tertiary/aromatic N) is 5. The summed E-state index contributed by atoms with van der Waals surface area (Å²) in [7, 11) is 0. The molecule has 4 aromatic heterocycles. The monoisotopic (exact) mass is 395 g/mol. The smallest absolute Gasteiger partial charge is 0.180 e. The van der Waals surface area contributed by atoms with Crippen molar-refractivity contribution in [2.45, 2.75) is 13.5 Å². The molecular formula is C19H21N7OS. The van der Waals surface area contributed by atoms with Gasteiger partial charge in [-0.2, -0.15) is 5.10 Å². The molecule has 1 aliphatic heterocycles. The Labute approximate surface area is 166 Å². The van der Waals surface area contributed by atoms with Crippen LogP contribution in [0, 0.1) is 6.92 Å². The van der Waals surface area contributed by atoms with Gasteiger partial charge in [0.15, 0.2) is 11.5 Å². The van der Waals surface area contributed by atoms with Gasteiger partial charge in [-0.3, -0.25) is 14.4 Å². The lowest BCUT2D eigenvalue weighted by Gasteiger charge is -2.26. The van der Waals surface area contributed by atoms with Crippen molar-refractivity contribution in [2.75, 3.05) is 31.6 Å². The third-order valence-corrected chi connectivity index (χ3v) is 5.71. The third kappa shape index (κ3) is 3.39. The molecule has 0 aromatic carbocycles. The van der Waals surface area contributed by atoms with Crippen LogP contribution in [0.4, 0.5) is 10.8 Å². The number of aromatic amines is 1. The number of thiophene rings is 1. The summed E-state index contributed by atoms with van der Waals surface area (Å²) in [5.41, 5.74) is 5.00. The van der Waals surface area contributed by atoms with E-state index in [1.165, 1.54) is 5.56 Å². The van der Waals surface area contributed by atoms with Gasteiger partial charge in [0.1, 0.15) is 0 Å². The van der Waals surface area contributed by atoms with E-state index in [1.54, 1.807) is 17.5 Å². The Morgan fingerprint density at radius 1 is 1.29 bits per heavy atom. The van der Waals surface area contributed by atoms with Gasteiger partial charge in [0.25, 0.3) is 0 Å². The minimum Gasteiger partial charge on any atom is -0.379 e. The van der Waals surface area contributed by atoms with Crippen LogP contribution >= 0.6 is 11.3 Å². The molecule has 0 bridgehead atoms. The number of anilines is 2. The van der Waals surface area contributed by atoms with Gasteiger partial charge in [-0.25, -0.2) is 9.97 Å². The fourth-order valence-electron chi connectivity index (χ4n) is 3.46. The quantitative estimate of drug-likeness (QED) is 0.540. The van der Waals surface area contributed by atoms with Crippen LogP contribution < -0.4 is 5.32 Å². The zero-order valence-corrected chi connectivity index (χ0v) is 16.4. The molecular weight excluding hydrogens is 374 g/mol. The summed E-state index contributed by atoms with van der Waals surface area (Å²) in [5, 5.41) is 13.6. The van der Waals surface area contributed by atoms with Crippen molar-refractivity contribution in [3.05, 3.63) is 47.5 Å². The Morgan fingerprint density at radius 3 is 3.00 bits per heavy atom. The number of aryl methyl sites for hydroxylation is 1. The summed E-state index contributed by atoms with van der Waals surface area (Å²) >= 11 is 1.69. The summed E-state index contributed by atoms with van der Waals surface area (Å²) in [6.07, 6.45) is 7.51. The van der Waals surface area contributed by atoms with E-state index in [4.69, 9.17) is 4.74 Å². The van der Waals surface area contributed by atoms with Crippen LogP contribution in [0.5, 0.6) is 0 Å². The lowest BCUT2D eigenvalue weighted by molar-refractivity contribution is 0.0342. The van der Waals surface area contributed by atoms with Crippen LogP contribution in [-0.2, 0) is 11.3 Å². The molecule has 5 heterocycles. The molecule has 1 saturated heterocycles. The second kappa shape index (κ2) is 7.34. The number of fused-ring (bicyclic) bond motifs is 1. The second-order valence-corrected chi connectivity index (χ2v) is 7.80. The molecule has 28 heavy (non-hydrogen) atoms. The molecule has 1 aliphatic rings. The van der Waals surface area contributed by atoms with Gasteiger partial charge in [-0.1, -0.05) is 0 Å². The predicted octanol–water partition coefficient (Wildman–Crippen LogP) is 3.07. The van der Waals surface area contributed by atoms with Crippen LogP contribution in [0.2, 0.25) is 0 Å². The minimum atomic E-state index is 0.759. The normalized spacial score (nSPS) is 15.3. The zero-order valence-electron chi connectivity index (χ0n) is 15.6. The Bertz CT molecular complexity index is 1080. The lowest BCUT2D eigenvalue weighted by Crippen LogP contribution is -2.35. The van der Waals surface area contributed by atoms with Crippen LogP contribution in [-0.4, -0.2) is 55.8 Å². The Balaban J connectivity index is 1.41. The molecule has 0 unspecified atom stereocenters. The summed E-state index contributed by atoms with van der Waals surface area (Å²) in [6.45, 7) is 6.56. The van der Waals surface area contributed by atoms with E-state index in [9.17, 15) is 0 Å². The second-order valence-electron chi connectivity index (χ2n) is 6.89. The van der Waals surface area contributed by atoms with Crippen molar-refractivity contribution in [2.24, 2.45) is 0 Å². The molecule has 0 spiro atoms. The standard InChI is InChI=1S/C19H21N7OS/c1-13-10-26-16(15-7-21-22-8-15)9-20-19(26)18(23-13)24-17-6-14(12-28-17)11-25-2-4-27-5-3-25/h6-10,12H,2-5,11H2,1H3,(H,21,22)(H,23,24). The lowest BCUT2D eigenvalue weighted by atomic mass is 10.3. The number of hydrogen-bond acceptors (Lipinski definition) is 7. The van der Waals surface area contributed by atoms with E-state index in [0.717, 1.165) is 66.3 Å². The Hall–Kier alpha value is -2.75. The van der Waals surface area contributed by atoms with E-state index < -0.39 is 0 Å². The van der Waals surface area contributed by atoms with Gasteiger partial charge in [0.05, 0.1) is 42.0 Å². The highest BCUT2D eigenvalue weighted by Crippen LogP contribution is 2.29. The molecule has 0 saturated carbocycles. The van der Waals surface area contributed by atoms with Gasteiger partial charge >= 0.3 is 0 Å². The first-order valence-electron chi connectivity index (χ1n) is 9.25. The number of rotatable bonds is 5. The van der Waals surface area contributed by atoms with Crippen molar-refractivity contribution in [1.29, 1.82) is 0 Å². The van der Waals surface area contributed by atoms with Crippen LogP contribution in [0.25, 0.3) is 16.9 Å². The van der Waals surface area contributed by atoms with Gasteiger partial charge in [-0.15, -0.1) is 11.3 Å². The number of imidazole rings is 1. The molecule has 0 atom stereocenters. The number of aromatic nitrogens is 5. The predicted molar refractivity (Wildman–Crippen MR) is 109 cm³/mol. The van der Waals surface area contributed by atoms with Crippen molar-refractivity contribution >= 4 is 27.8 Å². The van der Waals surface area contributed by atoms with Crippen molar-refractivity contribution < 1.29 is 4.74 Å². The first-order valence-corrected chi connectivity index (χ1v) is 10.1. The number of H-pyrrole nitrogens is 1. The number of hydrogen-bond donors (Lipinski definition) is 2. The van der Waals surface area contributed by atoms with Crippen molar-refractivity contribution in [1.82, 2.24) is 29.5 Å². The maximum Gasteiger partial charge on any atom is 0.180 e. The SMILES string of the molecule is Cc1cn2c(-c3cn[nH]c3)cnc2c(Nc2cc(CN3CCOCC3)cs2)n1. The van der Waals surface area contributed by atoms with Crippen LogP contribution in [0.1, 0.15) is 11.3 Å². The fourth-order valence-corrected chi connectivity index (χ4v) is 4.25. The number of nitrogens with one attached hydrogen (secondary N) is 2. The van der Waals surface area contributed by atoms with Gasteiger partial charge < -0.3 is 10.1 Å². The molecule has 0 aliphatic carbocycles. The molecule has 1 fully saturated rings. The van der Waals surface area contributed by atoms with Crippen LogP contribution in [0.15, 0.2) is 36.2 Å². The van der Waals surface area contributed by atoms with Crippen molar-refractivity contribution in [3.8, 4) is 11.3 Å². The topological polar surface area (TPSA) is 83.4 Å². The van der Waals surface area contributed by atoms with E-state index in [1.807, 2.05) is 25.5 Å². The summed E-state index contributed by atoms with van der Waals surface area (Å²) in [4.78, 5) is 11.7. The summed E-state index contributed by atoms with van der Waals surface area (Å²) < 4.78 is 7.48. The molecule has 144 valence electrons. The first kappa shape index (κ1) is 17.4. The largest absolute Gasteiger partial charge is 0.379 e. The maximum absolute atomic E-state index is 5.43. The van der Waals surface area contributed by atoms with E-state index in [2.05, 4.69) is 46.2 Å². The first-order chi connectivity index (χ1) is 13.8. The molecule has 4 aromatic rings. The van der Waals surface area contributed by atoms with E-state index in [-0.39, 0.29) is 0 Å². The van der Waals surface area contributed by atoms with E-state index >= 15 is 0 Å². The highest BCUT2D eigenvalue weighted by Gasteiger charge is 2.15. The average molecular weight is 395 g/mol. The minimum absolute atomic E-state index is 0.759. The Kier molecular flexibility index (Phi) is 4.55. The highest BCUT2D eigenvalue weighted by molar-refractivity contribution is 7.14. The third-order valence-electron chi connectivity index (χ3n) is 4.81. The van der Waals surface area contributed by atoms with Crippen LogP contribution in [0.3, 0.4) is 0 Å². The van der Waals surface area contributed by atoms with Crippen molar-refractivity contribution in [3.63, 3.8) is 0 Å². The van der Waals surface area contributed by atoms with E-state index in [0.29, 0.717) is 0 Å². The molecule has 2 N–H and O–H groups in total. The Morgan fingerprint density at radius 2 is 2.18 bits per heavy atom. The fraction of sp³-hybridized carbons (Fsp3) is 0.316.